The number of ether oxygens (including phenoxy) is 2. The van der Waals surface area contributed by atoms with Gasteiger partial charge in [-0.3, -0.25) is 9.59 Å². The second kappa shape index (κ2) is 8.87. The summed E-state index contributed by atoms with van der Waals surface area (Å²) in [7, 11) is 0. The topological polar surface area (TPSA) is 125 Å². The quantitative estimate of drug-likeness (QED) is 0.674. The number of aryl methyl sites for hydroxylation is 1. The van der Waals surface area contributed by atoms with Gasteiger partial charge in [0.15, 0.2) is 6.61 Å². The van der Waals surface area contributed by atoms with E-state index < -0.39 is 24.5 Å². The van der Waals surface area contributed by atoms with Gasteiger partial charge in [0.2, 0.25) is 0 Å². The summed E-state index contributed by atoms with van der Waals surface area (Å²) in [6.07, 6.45) is 1.97. The van der Waals surface area contributed by atoms with Crippen LogP contribution in [0.2, 0.25) is 0 Å². The first-order chi connectivity index (χ1) is 12.0. The van der Waals surface area contributed by atoms with Crippen LogP contribution in [-0.4, -0.2) is 51.3 Å². The summed E-state index contributed by atoms with van der Waals surface area (Å²) >= 11 is 1.28. The monoisotopic (exact) mass is 367 g/mol. The lowest BCUT2D eigenvalue weighted by Gasteiger charge is -2.07. The lowest BCUT2D eigenvalue weighted by molar-refractivity contribution is -0.148. The number of thiophene rings is 1. The van der Waals surface area contributed by atoms with Crippen molar-refractivity contribution in [2.75, 3.05) is 18.5 Å². The van der Waals surface area contributed by atoms with Crippen LogP contribution >= 0.6 is 11.3 Å². The highest BCUT2D eigenvalue weighted by Gasteiger charge is 2.19. The van der Waals surface area contributed by atoms with Crippen LogP contribution < -0.4 is 5.32 Å². The van der Waals surface area contributed by atoms with Crippen LogP contribution in [0.4, 0.5) is 5.00 Å². The molecule has 2 aromatic rings. The summed E-state index contributed by atoms with van der Waals surface area (Å²) in [6, 6.07) is 1.68. The van der Waals surface area contributed by atoms with E-state index in [1.54, 1.807) is 13.0 Å². The second-order valence-electron chi connectivity index (χ2n) is 4.75. The molecule has 2 heterocycles. The average molecular weight is 367 g/mol. The highest BCUT2D eigenvalue weighted by molar-refractivity contribution is 7.16. The fourth-order valence-corrected chi connectivity index (χ4v) is 2.81. The predicted molar refractivity (Wildman–Crippen MR) is 87.1 cm³/mol. The maximum Gasteiger partial charge on any atom is 0.341 e. The molecule has 0 saturated heterocycles. The van der Waals surface area contributed by atoms with Gasteiger partial charge < -0.3 is 14.8 Å². The van der Waals surface area contributed by atoms with Gasteiger partial charge in [-0.15, -0.1) is 16.4 Å². The van der Waals surface area contributed by atoms with Gasteiger partial charge >= 0.3 is 11.9 Å². The van der Waals surface area contributed by atoms with Crippen LogP contribution in [0.3, 0.4) is 0 Å². The fourth-order valence-electron chi connectivity index (χ4n) is 1.81. The summed E-state index contributed by atoms with van der Waals surface area (Å²) in [5, 5.41) is 13.2. The van der Waals surface area contributed by atoms with Crippen molar-refractivity contribution in [3.05, 3.63) is 22.8 Å². The molecule has 134 valence electrons. The van der Waals surface area contributed by atoms with Crippen molar-refractivity contribution < 1.29 is 23.9 Å². The normalized spacial score (nSPS) is 10.3. The molecule has 0 aliphatic rings. The predicted octanol–water partition coefficient (Wildman–Crippen LogP) is 0.656. The molecule has 1 amide bonds. The first kappa shape index (κ1) is 18.5. The van der Waals surface area contributed by atoms with Crippen molar-refractivity contribution in [1.82, 2.24) is 20.2 Å². The van der Waals surface area contributed by atoms with Crippen molar-refractivity contribution in [1.29, 1.82) is 0 Å². The molecule has 0 unspecified atom stereocenters. The number of nitrogens with one attached hydrogen (secondary N) is 1. The molecule has 11 heteroatoms. The summed E-state index contributed by atoms with van der Waals surface area (Å²) < 4.78 is 11.0. The molecule has 0 bridgehead atoms. The Hall–Kier alpha value is -2.82. The Morgan fingerprint density at radius 2 is 2.08 bits per heavy atom. The first-order valence-electron chi connectivity index (χ1n) is 7.49. The van der Waals surface area contributed by atoms with E-state index in [0.717, 1.165) is 4.88 Å². The zero-order valence-corrected chi connectivity index (χ0v) is 14.5. The second-order valence-corrected chi connectivity index (χ2v) is 5.88. The number of rotatable bonds is 8. The maximum atomic E-state index is 12.0. The highest BCUT2D eigenvalue weighted by atomic mass is 32.1. The lowest BCUT2D eigenvalue weighted by Crippen LogP contribution is -2.23. The lowest BCUT2D eigenvalue weighted by atomic mass is 10.2. The molecule has 1 N–H and O–H groups in total. The van der Waals surface area contributed by atoms with Crippen LogP contribution in [0, 0.1) is 0 Å². The molecule has 0 saturated carbocycles. The van der Waals surface area contributed by atoms with Crippen molar-refractivity contribution in [2.45, 2.75) is 26.8 Å². The molecule has 0 atom stereocenters. The number of tetrazole rings is 1. The van der Waals surface area contributed by atoms with E-state index in [9.17, 15) is 14.4 Å². The number of carbonyl (C=O) groups excluding carboxylic acids is 3. The summed E-state index contributed by atoms with van der Waals surface area (Å²) in [5.41, 5.74) is 0.289. The Bertz CT molecular complexity index is 743. The number of aromatic nitrogens is 4. The van der Waals surface area contributed by atoms with E-state index in [-0.39, 0.29) is 18.7 Å². The molecular weight excluding hydrogens is 350 g/mol. The molecule has 0 spiro atoms. The molecule has 2 aromatic heterocycles. The van der Waals surface area contributed by atoms with Crippen molar-refractivity contribution in [3.63, 3.8) is 0 Å². The van der Waals surface area contributed by atoms with E-state index in [1.807, 2.05) is 6.92 Å². The Balaban J connectivity index is 1.92. The van der Waals surface area contributed by atoms with Gasteiger partial charge in [-0.2, -0.15) is 0 Å². The summed E-state index contributed by atoms with van der Waals surface area (Å²) in [5.74, 6) is -1.72. The minimum Gasteiger partial charge on any atom is -0.462 e. The third-order valence-corrected chi connectivity index (χ3v) is 4.12. The van der Waals surface area contributed by atoms with Crippen molar-refractivity contribution in [3.8, 4) is 0 Å². The van der Waals surface area contributed by atoms with Crippen LogP contribution in [0.15, 0.2) is 12.4 Å². The molecule has 0 aliphatic carbocycles. The smallest absolute Gasteiger partial charge is 0.341 e. The van der Waals surface area contributed by atoms with Crippen LogP contribution in [0.25, 0.3) is 0 Å². The maximum absolute atomic E-state index is 12.0. The Morgan fingerprint density at radius 3 is 2.72 bits per heavy atom. The Morgan fingerprint density at radius 1 is 1.28 bits per heavy atom. The molecular formula is C14H17N5O5S. The van der Waals surface area contributed by atoms with Gasteiger partial charge in [0.1, 0.15) is 17.9 Å². The van der Waals surface area contributed by atoms with Crippen molar-refractivity contribution in [2.24, 2.45) is 0 Å². The number of amides is 1. The van der Waals surface area contributed by atoms with Crippen LogP contribution in [0.5, 0.6) is 0 Å². The number of esters is 2. The van der Waals surface area contributed by atoms with Gasteiger partial charge in [-0.1, -0.05) is 6.92 Å². The van der Waals surface area contributed by atoms with Gasteiger partial charge in [-0.25, -0.2) is 9.48 Å². The molecule has 0 aliphatic heterocycles. The first-order valence-corrected chi connectivity index (χ1v) is 8.31. The van der Waals surface area contributed by atoms with Gasteiger partial charge in [0, 0.05) is 4.88 Å². The Labute approximate surface area is 147 Å². The SMILES string of the molecule is CCOC(=O)c1cc(CC)sc1NC(=O)COC(=O)Cn1cnnn1. The third-order valence-electron chi connectivity index (χ3n) is 2.93. The van der Waals surface area contributed by atoms with E-state index in [2.05, 4.69) is 20.8 Å². The van der Waals surface area contributed by atoms with Gasteiger partial charge in [0.05, 0.1) is 12.2 Å². The standard InChI is InChI=1S/C14H17N5O5S/c1-3-9-5-10(14(22)23-4-2)13(25-9)16-11(20)7-24-12(21)6-19-8-15-17-18-19/h5,8H,3-4,6-7H2,1-2H3,(H,16,20). The van der Waals surface area contributed by atoms with E-state index in [0.29, 0.717) is 11.4 Å². The zero-order chi connectivity index (χ0) is 18.2. The van der Waals surface area contributed by atoms with E-state index in [4.69, 9.17) is 9.47 Å². The number of carbonyl (C=O) groups is 3. The van der Waals surface area contributed by atoms with Gasteiger partial charge in [0.25, 0.3) is 5.91 Å². The Kier molecular flexibility index (Phi) is 6.57. The molecule has 0 aromatic carbocycles. The molecule has 10 nitrogen and oxygen atoms in total. The van der Waals surface area contributed by atoms with Gasteiger partial charge in [-0.05, 0) is 29.8 Å². The number of nitrogens with zero attached hydrogens (tertiary/aromatic N) is 4. The average Bonchev–Trinajstić information content (AvgIpc) is 3.23. The van der Waals surface area contributed by atoms with E-state index in [1.165, 1.54) is 22.3 Å². The van der Waals surface area contributed by atoms with E-state index >= 15 is 0 Å². The number of hydrogen-bond acceptors (Lipinski definition) is 9. The fraction of sp³-hybridized carbons (Fsp3) is 0.429. The molecule has 0 fully saturated rings. The van der Waals surface area contributed by atoms with Crippen molar-refractivity contribution >= 4 is 34.2 Å². The van der Waals surface area contributed by atoms with Crippen LogP contribution in [0.1, 0.15) is 29.1 Å². The largest absolute Gasteiger partial charge is 0.462 e. The number of anilines is 1. The highest BCUT2D eigenvalue weighted by Crippen LogP contribution is 2.29. The minimum atomic E-state index is -0.659. The third kappa shape index (κ3) is 5.35. The molecule has 0 radical (unpaired) electrons. The minimum absolute atomic E-state index is 0.201. The molecule has 2 rings (SSSR count). The summed E-state index contributed by atoms with van der Waals surface area (Å²) in [4.78, 5) is 36.4. The zero-order valence-electron chi connectivity index (χ0n) is 13.7. The van der Waals surface area contributed by atoms with Crippen LogP contribution in [-0.2, 0) is 32.0 Å². The number of hydrogen-bond donors (Lipinski definition) is 1. The summed E-state index contributed by atoms with van der Waals surface area (Å²) in [6.45, 7) is 3.19. The molecule has 25 heavy (non-hydrogen) atoms.